The van der Waals surface area contributed by atoms with Crippen molar-refractivity contribution < 1.29 is 24.6 Å². The maximum Gasteiger partial charge on any atom is 0.332 e. The fourth-order valence-corrected chi connectivity index (χ4v) is 4.48. The topological polar surface area (TPSA) is 122 Å². The number of hydrogen-bond donors (Lipinski definition) is 4. The summed E-state index contributed by atoms with van der Waals surface area (Å²) in [6.07, 6.45) is 1.82. The third-order valence-electron chi connectivity index (χ3n) is 6.47. The Balaban J connectivity index is 2.13. The SMILES string of the molecule is CCC(CC)NNC(=O)N1CC(O)CC1C(=O)N1CC(O)CC1C(=O)C(CC)CC. The lowest BCUT2D eigenvalue weighted by atomic mass is 9.91. The van der Waals surface area contributed by atoms with Crippen LogP contribution in [0.4, 0.5) is 4.79 Å². The van der Waals surface area contributed by atoms with Crippen molar-refractivity contribution in [2.45, 2.75) is 96.6 Å². The van der Waals surface area contributed by atoms with Crippen molar-refractivity contribution in [3.8, 4) is 0 Å². The molecule has 4 unspecified atom stereocenters. The van der Waals surface area contributed by atoms with Gasteiger partial charge in [0, 0.05) is 37.9 Å². The zero-order chi connectivity index (χ0) is 22.4. The predicted molar refractivity (Wildman–Crippen MR) is 112 cm³/mol. The number of hydrazine groups is 1. The van der Waals surface area contributed by atoms with Gasteiger partial charge in [-0.25, -0.2) is 10.2 Å². The number of Topliss-reactive ketones (excluding diaryl/α,β-unsaturated/α-hetero) is 1. The van der Waals surface area contributed by atoms with E-state index in [1.165, 1.54) is 9.80 Å². The van der Waals surface area contributed by atoms with Gasteiger partial charge in [0.1, 0.15) is 6.04 Å². The summed E-state index contributed by atoms with van der Waals surface area (Å²) in [5.74, 6) is -0.576. The number of carbonyl (C=O) groups is 3. The highest BCUT2D eigenvalue weighted by Crippen LogP contribution is 2.28. The van der Waals surface area contributed by atoms with Crippen LogP contribution in [0.5, 0.6) is 0 Å². The molecule has 0 aromatic carbocycles. The van der Waals surface area contributed by atoms with Crippen molar-refractivity contribution in [1.29, 1.82) is 0 Å². The summed E-state index contributed by atoms with van der Waals surface area (Å²) in [5.41, 5.74) is 5.60. The summed E-state index contributed by atoms with van der Waals surface area (Å²) in [6, 6.07) is -1.89. The summed E-state index contributed by atoms with van der Waals surface area (Å²) < 4.78 is 0. The van der Waals surface area contributed by atoms with Crippen LogP contribution >= 0.6 is 0 Å². The minimum Gasteiger partial charge on any atom is -0.391 e. The van der Waals surface area contributed by atoms with Crippen LogP contribution in [-0.2, 0) is 9.59 Å². The van der Waals surface area contributed by atoms with Gasteiger partial charge < -0.3 is 20.0 Å². The molecule has 0 radical (unpaired) electrons. The third kappa shape index (κ3) is 5.50. The maximum absolute atomic E-state index is 13.3. The molecule has 9 nitrogen and oxygen atoms in total. The van der Waals surface area contributed by atoms with Crippen molar-refractivity contribution in [3.63, 3.8) is 0 Å². The summed E-state index contributed by atoms with van der Waals surface area (Å²) in [6.45, 7) is 8.02. The van der Waals surface area contributed by atoms with Gasteiger partial charge in [0.05, 0.1) is 18.2 Å². The van der Waals surface area contributed by atoms with Crippen molar-refractivity contribution in [1.82, 2.24) is 20.7 Å². The van der Waals surface area contributed by atoms with E-state index in [-0.39, 0.29) is 49.6 Å². The monoisotopic (exact) mass is 426 g/mol. The van der Waals surface area contributed by atoms with Crippen molar-refractivity contribution in [3.05, 3.63) is 0 Å². The molecule has 2 saturated heterocycles. The van der Waals surface area contributed by atoms with Crippen LogP contribution in [-0.4, -0.2) is 81.2 Å². The molecule has 4 N–H and O–H groups in total. The van der Waals surface area contributed by atoms with Gasteiger partial charge >= 0.3 is 6.03 Å². The molecular formula is C21H38N4O5. The van der Waals surface area contributed by atoms with Gasteiger partial charge in [-0.2, -0.15) is 0 Å². The van der Waals surface area contributed by atoms with Gasteiger partial charge in [-0.05, 0) is 25.7 Å². The second kappa shape index (κ2) is 11.1. The van der Waals surface area contributed by atoms with Crippen LogP contribution in [0.2, 0.25) is 0 Å². The summed E-state index contributed by atoms with van der Waals surface area (Å²) >= 11 is 0. The average molecular weight is 427 g/mol. The second-order valence-electron chi connectivity index (χ2n) is 8.46. The Morgan fingerprint density at radius 2 is 1.40 bits per heavy atom. The van der Waals surface area contributed by atoms with Crippen LogP contribution in [0.1, 0.15) is 66.2 Å². The molecular weight excluding hydrogens is 388 g/mol. The molecule has 0 aliphatic carbocycles. The van der Waals surface area contributed by atoms with Crippen LogP contribution < -0.4 is 10.9 Å². The quantitative estimate of drug-likeness (QED) is 0.405. The Morgan fingerprint density at radius 3 is 1.93 bits per heavy atom. The van der Waals surface area contributed by atoms with E-state index in [1.807, 2.05) is 27.7 Å². The van der Waals surface area contributed by atoms with Crippen molar-refractivity contribution in [2.24, 2.45) is 5.92 Å². The molecule has 9 heteroatoms. The standard InChI is InChI=1S/C21H38N4O5/c1-5-13(6-2)19(28)17-9-15(26)11-24(17)20(29)18-10-16(27)12-25(18)21(30)23-22-14(7-3)8-4/h13-18,22,26-27H,5-12H2,1-4H3,(H,23,30). The van der Waals surface area contributed by atoms with E-state index in [0.29, 0.717) is 12.8 Å². The number of amides is 3. The molecule has 0 spiro atoms. The number of carbonyl (C=O) groups excluding carboxylic acids is 3. The number of hydrogen-bond acceptors (Lipinski definition) is 6. The molecule has 0 saturated carbocycles. The highest BCUT2D eigenvalue weighted by atomic mass is 16.3. The summed E-state index contributed by atoms with van der Waals surface area (Å²) in [5, 5.41) is 20.3. The Hall–Kier alpha value is -1.71. The molecule has 2 fully saturated rings. The van der Waals surface area contributed by atoms with Gasteiger partial charge in [0.2, 0.25) is 5.91 Å². The van der Waals surface area contributed by atoms with Gasteiger partial charge in [0.15, 0.2) is 5.78 Å². The molecule has 0 aromatic heterocycles. The van der Waals surface area contributed by atoms with Crippen LogP contribution in [0.25, 0.3) is 0 Å². The lowest BCUT2D eigenvalue weighted by Gasteiger charge is -2.32. The number of aliphatic hydroxyl groups excluding tert-OH is 2. The molecule has 0 bridgehead atoms. The van der Waals surface area contributed by atoms with Crippen LogP contribution in [0.3, 0.4) is 0 Å². The van der Waals surface area contributed by atoms with Crippen molar-refractivity contribution >= 4 is 17.7 Å². The molecule has 0 aromatic rings. The lowest BCUT2D eigenvalue weighted by molar-refractivity contribution is -0.142. The predicted octanol–water partition coefficient (Wildman–Crippen LogP) is 0.792. The number of nitrogens with zero attached hydrogens (tertiary/aromatic N) is 2. The smallest absolute Gasteiger partial charge is 0.332 e. The highest BCUT2D eigenvalue weighted by molar-refractivity contribution is 5.94. The molecule has 2 aliphatic heterocycles. The van der Waals surface area contributed by atoms with Gasteiger partial charge in [-0.3, -0.25) is 15.0 Å². The minimum absolute atomic E-state index is 0.0325. The molecule has 2 aliphatic rings. The van der Waals surface area contributed by atoms with E-state index in [4.69, 9.17) is 0 Å². The third-order valence-corrected chi connectivity index (χ3v) is 6.47. The van der Waals surface area contributed by atoms with Gasteiger partial charge in [-0.15, -0.1) is 0 Å². The van der Waals surface area contributed by atoms with E-state index >= 15 is 0 Å². The second-order valence-corrected chi connectivity index (χ2v) is 8.46. The number of nitrogens with one attached hydrogen (secondary N) is 2. The molecule has 3 amide bonds. The normalized spacial score (nSPS) is 26.7. The Morgan fingerprint density at radius 1 is 0.867 bits per heavy atom. The first-order valence-electron chi connectivity index (χ1n) is 11.3. The lowest BCUT2D eigenvalue weighted by Crippen LogP contribution is -2.56. The Bertz CT molecular complexity index is 608. The summed E-state index contributed by atoms with van der Waals surface area (Å²) in [4.78, 5) is 41.7. The van der Waals surface area contributed by atoms with E-state index in [9.17, 15) is 24.6 Å². The van der Waals surface area contributed by atoms with E-state index in [0.717, 1.165) is 12.8 Å². The molecule has 2 rings (SSSR count). The van der Waals surface area contributed by atoms with Crippen LogP contribution in [0, 0.1) is 5.92 Å². The zero-order valence-electron chi connectivity index (χ0n) is 18.6. The highest BCUT2D eigenvalue weighted by Gasteiger charge is 2.47. The summed E-state index contributed by atoms with van der Waals surface area (Å²) in [7, 11) is 0. The number of rotatable bonds is 9. The molecule has 172 valence electrons. The average Bonchev–Trinajstić information content (AvgIpc) is 3.31. The minimum atomic E-state index is -0.856. The fraction of sp³-hybridized carbons (Fsp3) is 0.857. The van der Waals surface area contributed by atoms with Gasteiger partial charge in [0.25, 0.3) is 0 Å². The van der Waals surface area contributed by atoms with E-state index in [2.05, 4.69) is 10.9 Å². The maximum atomic E-state index is 13.3. The fourth-order valence-electron chi connectivity index (χ4n) is 4.48. The Labute approximate surface area is 179 Å². The van der Waals surface area contributed by atoms with E-state index in [1.54, 1.807) is 0 Å². The number of β-amino-alcohol motifs (C(OH)–C–C–N with tert-alkyl or cyclic N) is 2. The van der Waals surface area contributed by atoms with E-state index < -0.39 is 30.3 Å². The van der Waals surface area contributed by atoms with Crippen molar-refractivity contribution in [2.75, 3.05) is 13.1 Å². The largest absolute Gasteiger partial charge is 0.391 e. The van der Waals surface area contributed by atoms with Gasteiger partial charge in [-0.1, -0.05) is 27.7 Å². The first-order chi connectivity index (χ1) is 14.3. The number of urea groups is 1. The van der Waals surface area contributed by atoms with Crippen LogP contribution in [0.15, 0.2) is 0 Å². The molecule has 30 heavy (non-hydrogen) atoms. The number of likely N-dealkylation sites (tertiary alicyclic amines) is 2. The molecule has 4 atom stereocenters. The molecule has 2 heterocycles. The number of aliphatic hydroxyl groups is 2. The Kier molecular flexibility index (Phi) is 9.06. The number of ketones is 1. The zero-order valence-corrected chi connectivity index (χ0v) is 18.6. The first-order valence-corrected chi connectivity index (χ1v) is 11.3. The first kappa shape index (κ1) is 24.6.